The van der Waals surface area contributed by atoms with Crippen molar-refractivity contribution in [1.82, 2.24) is 0 Å². The minimum Gasteiger partial charge on any atom is -0.465 e. The highest BCUT2D eigenvalue weighted by Gasteiger charge is 2.13. The normalized spacial score (nSPS) is 13.3. The molecule has 3 aromatic carbocycles. The summed E-state index contributed by atoms with van der Waals surface area (Å²) < 4.78 is 4.75. The number of hydrogen-bond donors (Lipinski definition) is 0. The predicted octanol–water partition coefficient (Wildman–Crippen LogP) is 6.39. The van der Waals surface area contributed by atoms with Crippen LogP contribution in [0.25, 0.3) is 10.8 Å². The molecule has 140 valence electrons. The Morgan fingerprint density at radius 3 is 2.37 bits per heavy atom. The first-order chi connectivity index (χ1) is 13.1. The minimum atomic E-state index is -0.279. The van der Waals surface area contributed by atoms with Crippen LogP contribution in [0.4, 0.5) is 0 Å². The predicted molar refractivity (Wildman–Crippen MR) is 112 cm³/mol. The van der Waals surface area contributed by atoms with Gasteiger partial charge in [0.2, 0.25) is 0 Å². The highest BCUT2D eigenvalue weighted by atomic mass is 16.5. The maximum Gasteiger partial charge on any atom is 0.337 e. The molecular formula is C25H28O2. The lowest BCUT2D eigenvalue weighted by atomic mass is 9.86. The fraction of sp³-hybridized carbons (Fsp3) is 0.320. The van der Waals surface area contributed by atoms with Crippen LogP contribution in [0, 0.1) is 5.92 Å². The molecule has 0 spiro atoms. The SMILES string of the molecule is COC(=O)c1ccc(CCC(C)C[C@H](C)c2cccc3ccccc23)cc1. The number of ether oxygens (including phenoxy) is 1. The minimum absolute atomic E-state index is 0.279. The zero-order valence-electron chi connectivity index (χ0n) is 16.4. The number of carbonyl (C=O) groups excluding carboxylic acids is 1. The molecule has 0 aliphatic rings. The van der Waals surface area contributed by atoms with E-state index < -0.39 is 0 Å². The van der Waals surface area contributed by atoms with Crippen molar-refractivity contribution in [2.75, 3.05) is 7.11 Å². The van der Waals surface area contributed by atoms with E-state index in [0.29, 0.717) is 17.4 Å². The van der Waals surface area contributed by atoms with Crippen LogP contribution in [0.3, 0.4) is 0 Å². The Bertz CT molecular complexity index is 890. The second-order valence-corrected chi connectivity index (χ2v) is 7.54. The number of hydrogen-bond acceptors (Lipinski definition) is 2. The summed E-state index contributed by atoms with van der Waals surface area (Å²) >= 11 is 0. The summed E-state index contributed by atoms with van der Waals surface area (Å²) in [5.74, 6) is 0.894. The molecule has 2 nitrogen and oxygen atoms in total. The Labute approximate surface area is 162 Å². The van der Waals surface area contributed by atoms with Gasteiger partial charge in [-0.25, -0.2) is 4.79 Å². The molecule has 3 aromatic rings. The van der Waals surface area contributed by atoms with Gasteiger partial charge in [-0.15, -0.1) is 0 Å². The van der Waals surface area contributed by atoms with Crippen LogP contribution in [0.5, 0.6) is 0 Å². The summed E-state index contributed by atoms with van der Waals surface area (Å²) in [6.45, 7) is 4.67. The number of carbonyl (C=O) groups is 1. The molecule has 0 radical (unpaired) electrons. The maximum atomic E-state index is 11.5. The Balaban J connectivity index is 1.58. The molecule has 0 amide bonds. The summed E-state index contributed by atoms with van der Waals surface area (Å²) in [6.07, 6.45) is 3.35. The van der Waals surface area contributed by atoms with Crippen molar-refractivity contribution >= 4 is 16.7 Å². The fourth-order valence-electron chi connectivity index (χ4n) is 3.87. The second kappa shape index (κ2) is 8.85. The second-order valence-electron chi connectivity index (χ2n) is 7.54. The topological polar surface area (TPSA) is 26.3 Å². The van der Waals surface area contributed by atoms with Gasteiger partial charge in [-0.2, -0.15) is 0 Å². The van der Waals surface area contributed by atoms with Crippen LogP contribution in [-0.2, 0) is 11.2 Å². The first-order valence-corrected chi connectivity index (χ1v) is 9.73. The zero-order valence-corrected chi connectivity index (χ0v) is 16.4. The maximum absolute atomic E-state index is 11.5. The molecule has 2 heteroatoms. The van der Waals surface area contributed by atoms with E-state index in [9.17, 15) is 4.79 Å². The van der Waals surface area contributed by atoms with Gasteiger partial charge in [-0.3, -0.25) is 0 Å². The van der Waals surface area contributed by atoms with Crippen molar-refractivity contribution in [2.24, 2.45) is 5.92 Å². The summed E-state index contributed by atoms with van der Waals surface area (Å²) in [4.78, 5) is 11.5. The van der Waals surface area contributed by atoms with Gasteiger partial charge in [-0.1, -0.05) is 68.4 Å². The van der Waals surface area contributed by atoms with Crippen LogP contribution in [-0.4, -0.2) is 13.1 Å². The number of esters is 1. The number of aryl methyl sites for hydroxylation is 1. The largest absolute Gasteiger partial charge is 0.465 e. The molecular weight excluding hydrogens is 332 g/mol. The van der Waals surface area contributed by atoms with Crippen molar-refractivity contribution in [3.8, 4) is 0 Å². The van der Waals surface area contributed by atoms with Crippen molar-refractivity contribution in [3.05, 3.63) is 83.4 Å². The third-order valence-electron chi connectivity index (χ3n) is 5.41. The molecule has 0 aliphatic heterocycles. The summed E-state index contributed by atoms with van der Waals surface area (Å²) in [5, 5.41) is 2.69. The Morgan fingerprint density at radius 1 is 0.926 bits per heavy atom. The first kappa shape index (κ1) is 19.2. The lowest BCUT2D eigenvalue weighted by Crippen LogP contribution is -2.05. The van der Waals surface area contributed by atoms with E-state index in [4.69, 9.17) is 4.74 Å². The van der Waals surface area contributed by atoms with Crippen LogP contribution >= 0.6 is 0 Å². The molecule has 3 rings (SSSR count). The van der Waals surface area contributed by atoms with Crippen molar-refractivity contribution in [1.29, 1.82) is 0 Å². The molecule has 0 aliphatic carbocycles. The molecule has 27 heavy (non-hydrogen) atoms. The third-order valence-corrected chi connectivity index (χ3v) is 5.41. The molecule has 0 N–H and O–H groups in total. The average Bonchev–Trinajstić information content (AvgIpc) is 2.71. The molecule has 0 fully saturated rings. The van der Waals surface area contributed by atoms with Gasteiger partial charge < -0.3 is 4.74 Å². The van der Waals surface area contributed by atoms with E-state index in [1.165, 1.54) is 35.4 Å². The van der Waals surface area contributed by atoms with Gasteiger partial charge in [0, 0.05) is 0 Å². The smallest absolute Gasteiger partial charge is 0.337 e. The Hall–Kier alpha value is -2.61. The summed E-state index contributed by atoms with van der Waals surface area (Å²) in [7, 11) is 1.41. The molecule has 0 saturated carbocycles. The zero-order chi connectivity index (χ0) is 19.2. The number of rotatable bonds is 7. The van der Waals surface area contributed by atoms with Gasteiger partial charge in [0.05, 0.1) is 12.7 Å². The molecule has 0 bridgehead atoms. The number of fused-ring (bicyclic) bond motifs is 1. The highest BCUT2D eigenvalue weighted by molar-refractivity contribution is 5.89. The van der Waals surface area contributed by atoms with Crippen molar-refractivity contribution in [3.63, 3.8) is 0 Å². The van der Waals surface area contributed by atoms with Crippen molar-refractivity contribution < 1.29 is 9.53 Å². The highest BCUT2D eigenvalue weighted by Crippen LogP contribution is 2.31. The van der Waals surface area contributed by atoms with Gasteiger partial charge in [0.1, 0.15) is 0 Å². The first-order valence-electron chi connectivity index (χ1n) is 9.73. The Kier molecular flexibility index (Phi) is 6.28. The number of methoxy groups -OCH3 is 1. The number of benzene rings is 3. The molecule has 1 unspecified atom stereocenters. The standard InChI is InChI=1S/C25H28O2/c1-18(11-12-20-13-15-22(16-14-20)25(26)27-3)17-19(2)23-10-6-8-21-7-4-5-9-24(21)23/h4-10,13-16,18-19H,11-12,17H2,1-3H3/t18?,19-/m0/s1. The van der Waals surface area contributed by atoms with Gasteiger partial charge >= 0.3 is 5.97 Å². The quantitative estimate of drug-likeness (QED) is 0.456. The van der Waals surface area contributed by atoms with E-state index in [2.05, 4.69) is 56.3 Å². The monoisotopic (exact) mass is 360 g/mol. The molecule has 0 aromatic heterocycles. The van der Waals surface area contributed by atoms with Crippen molar-refractivity contribution in [2.45, 2.75) is 39.0 Å². The summed E-state index contributed by atoms with van der Waals surface area (Å²) in [6, 6.07) is 23.0. The summed E-state index contributed by atoms with van der Waals surface area (Å²) in [5.41, 5.74) is 3.33. The average molecular weight is 360 g/mol. The van der Waals surface area contributed by atoms with E-state index in [1.807, 2.05) is 24.3 Å². The van der Waals surface area contributed by atoms with E-state index in [0.717, 1.165) is 12.8 Å². The van der Waals surface area contributed by atoms with E-state index >= 15 is 0 Å². The van der Waals surface area contributed by atoms with Gasteiger partial charge in [0.25, 0.3) is 0 Å². The lowest BCUT2D eigenvalue weighted by Gasteiger charge is -2.19. The third kappa shape index (κ3) is 4.77. The van der Waals surface area contributed by atoms with Crippen LogP contribution < -0.4 is 0 Å². The van der Waals surface area contributed by atoms with E-state index in [1.54, 1.807) is 0 Å². The van der Waals surface area contributed by atoms with Gasteiger partial charge in [0.15, 0.2) is 0 Å². The van der Waals surface area contributed by atoms with Crippen LogP contribution in [0.1, 0.15) is 54.1 Å². The molecule has 0 heterocycles. The molecule has 0 saturated heterocycles. The van der Waals surface area contributed by atoms with Gasteiger partial charge in [-0.05, 0) is 65.1 Å². The van der Waals surface area contributed by atoms with Crippen LogP contribution in [0.2, 0.25) is 0 Å². The van der Waals surface area contributed by atoms with E-state index in [-0.39, 0.29) is 5.97 Å². The lowest BCUT2D eigenvalue weighted by molar-refractivity contribution is 0.0600. The molecule has 2 atom stereocenters. The Morgan fingerprint density at radius 2 is 1.63 bits per heavy atom. The fourth-order valence-corrected chi connectivity index (χ4v) is 3.87. The van der Waals surface area contributed by atoms with Crippen LogP contribution in [0.15, 0.2) is 66.7 Å².